The molecule has 104 valence electrons. The molecule has 1 atom stereocenters. The van der Waals surface area contributed by atoms with Crippen molar-refractivity contribution in [3.8, 4) is 0 Å². The molecule has 0 spiro atoms. The Kier molecular flexibility index (Phi) is 4.53. The number of benzene rings is 1. The molecule has 6 nitrogen and oxygen atoms in total. The molecule has 2 rings (SSSR count). The minimum absolute atomic E-state index is 0.135. The number of hydrogen-bond acceptors (Lipinski definition) is 5. The fraction of sp³-hybridized carbons (Fsp3) is 0.455. The largest absolute Gasteiger partial charge is 0.394 e. The highest BCUT2D eigenvalue weighted by Crippen LogP contribution is 2.32. The molecule has 0 amide bonds. The van der Waals surface area contributed by atoms with Gasteiger partial charge in [0.2, 0.25) is 0 Å². The third kappa shape index (κ3) is 3.12. The van der Waals surface area contributed by atoms with Crippen LogP contribution in [-0.4, -0.2) is 42.4 Å². The topological polar surface area (TPSA) is 75.8 Å². The van der Waals surface area contributed by atoms with Crippen LogP contribution in [0.1, 0.15) is 0 Å². The van der Waals surface area contributed by atoms with Crippen LogP contribution in [0.4, 0.5) is 15.8 Å². The van der Waals surface area contributed by atoms with E-state index in [1.807, 2.05) is 0 Å². The second kappa shape index (κ2) is 5.97. The van der Waals surface area contributed by atoms with E-state index in [9.17, 15) is 14.5 Å². The van der Waals surface area contributed by atoms with Gasteiger partial charge in [0.15, 0.2) is 0 Å². The van der Waals surface area contributed by atoms with E-state index >= 15 is 0 Å². The Morgan fingerprint density at radius 1 is 1.63 bits per heavy atom. The molecule has 0 aliphatic carbocycles. The summed E-state index contributed by atoms with van der Waals surface area (Å²) >= 11 is 1.72. The summed E-state index contributed by atoms with van der Waals surface area (Å²) in [4.78, 5) is 12.2. The summed E-state index contributed by atoms with van der Waals surface area (Å²) in [5.74, 6) is -0.492. The van der Waals surface area contributed by atoms with Gasteiger partial charge >= 0.3 is 0 Å². The number of halogens is 2. The number of ether oxygens (including phenoxy) is 1. The summed E-state index contributed by atoms with van der Waals surface area (Å²) < 4.78 is 19.1. The highest BCUT2D eigenvalue weighted by atomic mass is 127. The average molecular weight is 382 g/mol. The van der Waals surface area contributed by atoms with E-state index in [0.717, 1.165) is 0 Å². The molecule has 0 aromatic heterocycles. The lowest BCUT2D eigenvalue weighted by molar-refractivity contribution is -0.384. The standard InChI is InChI=1S/C11H12FIN2O4/c12-8-3-10(11(15(17)18)4-9(8)13)14-1-2-19-7(5-14)6-16/h3-4,7,16H,1-2,5-6H2. The molecule has 0 radical (unpaired) electrons. The predicted octanol–water partition coefficient (Wildman–Crippen LogP) is 1.54. The molecule has 1 fully saturated rings. The molecule has 1 unspecified atom stereocenters. The molecule has 1 N–H and O–H groups in total. The van der Waals surface area contributed by atoms with E-state index in [1.165, 1.54) is 12.1 Å². The molecule has 0 saturated carbocycles. The van der Waals surface area contributed by atoms with Gasteiger partial charge in [0.25, 0.3) is 5.69 Å². The molecule has 1 aromatic rings. The number of hydrogen-bond donors (Lipinski definition) is 1. The number of anilines is 1. The van der Waals surface area contributed by atoms with Crippen molar-refractivity contribution in [1.82, 2.24) is 0 Å². The van der Waals surface area contributed by atoms with Crippen molar-refractivity contribution >= 4 is 34.0 Å². The Morgan fingerprint density at radius 3 is 3.00 bits per heavy atom. The van der Waals surface area contributed by atoms with Crippen molar-refractivity contribution in [2.75, 3.05) is 31.2 Å². The van der Waals surface area contributed by atoms with E-state index in [2.05, 4.69) is 0 Å². The van der Waals surface area contributed by atoms with Crippen LogP contribution in [0.15, 0.2) is 12.1 Å². The molecule has 1 aliphatic rings. The molecule has 1 saturated heterocycles. The number of nitro benzene ring substituents is 1. The molecular weight excluding hydrogens is 370 g/mol. The van der Waals surface area contributed by atoms with Crippen LogP contribution in [0, 0.1) is 19.5 Å². The number of rotatable bonds is 3. The lowest BCUT2D eigenvalue weighted by Gasteiger charge is -2.33. The van der Waals surface area contributed by atoms with Gasteiger partial charge in [0.05, 0.1) is 27.8 Å². The van der Waals surface area contributed by atoms with Crippen LogP contribution in [0.2, 0.25) is 0 Å². The van der Waals surface area contributed by atoms with Crippen LogP contribution in [0.3, 0.4) is 0 Å². The first-order valence-corrected chi connectivity index (χ1v) is 6.71. The SMILES string of the molecule is O=[N+]([O-])c1cc(I)c(F)cc1N1CCOC(CO)C1. The van der Waals surface area contributed by atoms with E-state index in [-0.39, 0.29) is 21.6 Å². The first-order valence-electron chi connectivity index (χ1n) is 5.63. The van der Waals surface area contributed by atoms with Gasteiger partial charge in [-0.3, -0.25) is 10.1 Å². The Bertz CT molecular complexity index is 500. The number of aliphatic hydroxyl groups is 1. The smallest absolute Gasteiger partial charge is 0.293 e. The fourth-order valence-corrected chi connectivity index (χ4v) is 2.42. The predicted molar refractivity (Wildman–Crippen MR) is 74.8 cm³/mol. The highest BCUT2D eigenvalue weighted by Gasteiger charge is 2.27. The van der Waals surface area contributed by atoms with Gasteiger partial charge in [0.1, 0.15) is 11.5 Å². The molecule has 1 aliphatic heterocycles. The minimum Gasteiger partial charge on any atom is -0.394 e. The van der Waals surface area contributed by atoms with Gasteiger partial charge in [-0.25, -0.2) is 4.39 Å². The van der Waals surface area contributed by atoms with Crippen molar-refractivity contribution in [3.05, 3.63) is 31.6 Å². The lowest BCUT2D eigenvalue weighted by atomic mass is 10.2. The Balaban J connectivity index is 2.37. The van der Waals surface area contributed by atoms with Crippen LogP contribution in [0.25, 0.3) is 0 Å². The monoisotopic (exact) mass is 382 g/mol. The summed E-state index contributed by atoms with van der Waals surface area (Å²) in [5, 5.41) is 20.1. The Labute approximate surface area is 122 Å². The molecule has 1 heterocycles. The van der Waals surface area contributed by atoms with Gasteiger partial charge in [-0.15, -0.1) is 0 Å². The normalized spacial score (nSPS) is 19.5. The zero-order valence-electron chi connectivity index (χ0n) is 9.88. The molecule has 1 aromatic carbocycles. The van der Waals surface area contributed by atoms with Crippen molar-refractivity contribution in [2.45, 2.75) is 6.10 Å². The van der Waals surface area contributed by atoms with Crippen molar-refractivity contribution in [2.24, 2.45) is 0 Å². The first-order chi connectivity index (χ1) is 9.02. The van der Waals surface area contributed by atoms with Crippen LogP contribution >= 0.6 is 22.6 Å². The summed E-state index contributed by atoms with van der Waals surface area (Å²) in [5.41, 5.74) is 0.0917. The fourth-order valence-electron chi connectivity index (χ4n) is 1.97. The maximum Gasteiger partial charge on any atom is 0.293 e. The summed E-state index contributed by atoms with van der Waals surface area (Å²) in [7, 11) is 0. The zero-order chi connectivity index (χ0) is 14.0. The zero-order valence-corrected chi connectivity index (χ0v) is 12.0. The lowest BCUT2D eigenvalue weighted by Crippen LogP contribution is -2.44. The van der Waals surface area contributed by atoms with Gasteiger partial charge in [0, 0.05) is 25.2 Å². The molecule has 0 bridgehead atoms. The summed E-state index contributed by atoms with van der Waals surface area (Å²) in [6, 6.07) is 2.38. The van der Waals surface area contributed by atoms with Gasteiger partial charge in [-0.1, -0.05) is 0 Å². The van der Waals surface area contributed by atoms with Gasteiger partial charge in [-0.2, -0.15) is 0 Å². The second-order valence-electron chi connectivity index (χ2n) is 4.13. The summed E-state index contributed by atoms with van der Waals surface area (Å²) in [6.45, 7) is 0.905. The Hall–Kier alpha value is -1.00. The number of aliphatic hydroxyl groups excluding tert-OH is 1. The average Bonchev–Trinajstić information content (AvgIpc) is 2.41. The summed E-state index contributed by atoms with van der Waals surface area (Å²) in [6.07, 6.45) is -0.407. The van der Waals surface area contributed by atoms with Gasteiger partial charge in [-0.05, 0) is 22.6 Å². The number of nitrogens with zero attached hydrogens (tertiary/aromatic N) is 2. The van der Waals surface area contributed by atoms with Crippen LogP contribution in [0.5, 0.6) is 0 Å². The molecule has 8 heteroatoms. The maximum atomic E-state index is 13.6. The van der Waals surface area contributed by atoms with Crippen molar-refractivity contribution in [1.29, 1.82) is 0 Å². The molecule has 19 heavy (non-hydrogen) atoms. The Morgan fingerprint density at radius 2 is 2.37 bits per heavy atom. The quantitative estimate of drug-likeness (QED) is 0.488. The number of morpholine rings is 1. The van der Waals surface area contributed by atoms with Crippen molar-refractivity contribution in [3.63, 3.8) is 0 Å². The third-order valence-electron chi connectivity index (χ3n) is 2.90. The third-order valence-corrected chi connectivity index (χ3v) is 3.72. The molecular formula is C11H12FIN2O4. The van der Waals surface area contributed by atoms with Crippen LogP contribution < -0.4 is 4.90 Å². The second-order valence-corrected chi connectivity index (χ2v) is 5.30. The van der Waals surface area contributed by atoms with E-state index in [1.54, 1.807) is 27.5 Å². The highest BCUT2D eigenvalue weighted by molar-refractivity contribution is 14.1. The van der Waals surface area contributed by atoms with Crippen molar-refractivity contribution < 1.29 is 19.2 Å². The van der Waals surface area contributed by atoms with E-state index in [0.29, 0.717) is 19.7 Å². The van der Waals surface area contributed by atoms with E-state index in [4.69, 9.17) is 9.84 Å². The number of nitro groups is 1. The van der Waals surface area contributed by atoms with Gasteiger partial charge < -0.3 is 14.7 Å². The van der Waals surface area contributed by atoms with E-state index < -0.39 is 16.8 Å². The first kappa shape index (κ1) is 14.4. The van der Waals surface area contributed by atoms with Crippen LogP contribution in [-0.2, 0) is 4.74 Å². The maximum absolute atomic E-state index is 13.6. The minimum atomic E-state index is -0.527.